The van der Waals surface area contributed by atoms with Crippen molar-refractivity contribution < 1.29 is 4.74 Å². The predicted octanol–water partition coefficient (Wildman–Crippen LogP) is 1.86. The van der Waals surface area contributed by atoms with Gasteiger partial charge >= 0.3 is 0 Å². The third kappa shape index (κ3) is 4.81. The zero-order valence-electron chi connectivity index (χ0n) is 11.0. The molecule has 0 spiro atoms. The Morgan fingerprint density at radius 3 is 2.88 bits per heavy atom. The van der Waals surface area contributed by atoms with Crippen LogP contribution in [0.25, 0.3) is 0 Å². The predicted molar refractivity (Wildman–Crippen MR) is 68.5 cm³/mol. The van der Waals surface area contributed by atoms with Crippen LogP contribution >= 0.6 is 0 Å². The molecular weight excluding hydrogens is 200 g/mol. The molecule has 0 bridgehead atoms. The highest BCUT2D eigenvalue weighted by Gasteiger charge is 2.18. The van der Waals surface area contributed by atoms with E-state index < -0.39 is 0 Å². The summed E-state index contributed by atoms with van der Waals surface area (Å²) in [4.78, 5) is 2.55. The number of nitrogens with two attached hydrogens (primary N) is 1. The Labute approximate surface area is 100 Å². The second kappa shape index (κ2) is 8.04. The van der Waals surface area contributed by atoms with E-state index in [1.807, 2.05) is 0 Å². The zero-order chi connectivity index (χ0) is 11.8. The first-order chi connectivity index (χ1) is 7.77. The third-order valence-electron chi connectivity index (χ3n) is 3.72. The Morgan fingerprint density at radius 2 is 2.25 bits per heavy atom. The Bertz CT molecular complexity index is 175. The van der Waals surface area contributed by atoms with Crippen LogP contribution in [0.4, 0.5) is 0 Å². The molecule has 3 nitrogen and oxygen atoms in total. The minimum atomic E-state index is 0.600. The molecule has 1 rings (SSSR count). The van der Waals surface area contributed by atoms with E-state index in [-0.39, 0.29) is 0 Å². The van der Waals surface area contributed by atoms with Gasteiger partial charge in [-0.25, -0.2) is 0 Å². The van der Waals surface area contributed by atoms with Gasteiger partial charge in [0.25, 0.3) is 0 Å². The lowest BCUT2D eigenvalue weighted by Crippen LogP contribution is -2.44. The molecule has 0 aliphatic carbocycles. The van der Waals surface area contributed by atoms with E-state index in [4.69, 9.17) is 10.5 Å². The number of hydrogen-bond donors (Lipinski definition) is 1. The molecule has 0 radical (unpaired) electrons. The molecule has 1 heterocycles. The van der Waals surface area contributed by atoms with Crippen LogP contribution in [0.15, 0.2) is 0 Å². The molecule has 2 N–H and O–H groups in total. The smallest absolute Gasteiger partial charge is 0.0619 e. The molecular formula is C13H28N2O. The zero-order valence-corrected chi connectivity index (χ0v) is 11.0. The average molecular weight is 228 g/mol. The number of morpholine rings is 1. The van der Waals surface area contributed by atoms with Crippen LogP contribution in [0.3, 0.4) is 0 Å². The van der Waals surface area contributed by atoms with Crippen LogP contribution < -0.4 is 5.73 Å². The third-order valence-corrected chi connectivity index (χ3v) is 3.72. The molecule has 0 amide bonds. The molecule has 3 heteroatoms. The van der Waals surface area contributed by atoms with Crippen LogP contribution in [0.2, 0.25) is 0 Å². The second-order valence-corrected chi connectivity index (χ2v) is 4.95. The maximum Gasteiger partial charge on any atom is 0.0619 e. The monoisotopic (exact) mass is 228 g/mol. The van der Waals surface area contributed by atoms with Gasteiger partial charge in [-0.15, -0.1) is 0 Å². The maximum atomic E-state index is 5.61. The molecule has 2 unspecified atom stereocenters. The fourth-order valence-electron chi connectivity index (χ4n) is 2.47. The lowest BCUT2D eigenvalue weighted by Gasteiger charge is -2.33. The highest BCUT2D eigenvalue weighted by atomic mass is 16.5. The number of ether oxygens (including phenoxy) is 1. The van der Waals surface area contributed by atoms with Crippen molar-refractivity contribution in [3.8, 4) is 0 Å². The van der Waals surface area contributed by atoms with Gasteiger partial charge < -0.3 is 10.5 Å². The van der Waals surface area contributed by atoms with Gasteiger partial charge in [-0.2, -0.15) is 0 Å². The molecule has 1 fully saturated rings. The van der Waals surface area contributed by atoms with Crippen LogP contribution in [0, 0.1) is 5.92 Å². The Balaban J connectivity index is 2.13. The van der Waals surface area contributed by atoms with Crippen molar-refractivity contribution in [3.05, 3.63) is 0 Å². The summed E-state index contributed by atoms with van der Waals surface area (Å²) in [6, 6.07) is 0.600. The molecule has 2 atom stereocenters. The van der Waals surface area contributed by atoms with E-state index in [2.05, 4.69) is 18.7 Å². The Kier molecular flexibility index (Phi) is 7.01. The molecule has 16 heavy (non-hydrogen) atoms. The fourth-order valence-corrected chi connectivity index (χ4v) is 2.47. The van der Waals surface area contributed by atoms with Crippen molar-refractivity contribution in [1.29, 1.82) is 0 Å². The van der Waals surface area contributed by atoms with E-state index in [1.54, 1.807) is 0 Å². The number of rotatable bonds is 7. The lowest BCUT2D eigenvalue weighted by molar-refractivity contribution is -0.00136. The quantitative estimate of drug-likeness (QED) is 0.723. The minimum Gasteiger partial charge on any atom is -0.379 e. The number of nitrogens with zero attached hydrogens (tertiary/aromatic N) is 1. The van der Waals surface area contributed by atoms with Crippen molar-refractivity contribution in [1.82, 2.24) is 4.90 Å². The first-order valence-corrected chi connectivity index (χ1v) is 6.79. The minimum absolute atomic E-state index is 0.600. The second-order valence-electron chi connectivity index (χ2n) is 4.95. The molecule has 0 saturated carbocycles. The summed E-state index contributed by atoms with van der Waals surface area (Å²) in [5, 5.41) is 0. The van der Waals surface area contributed by atoms with Gasteiger partial charge in [0.2, 0.25) is 0 Å². The van der Waals surface area contributed by atoms with Gasteiger partial charge in [-0.3, -0.25) is 4.90 Å². The fraction of sp³-hybridized carbons (Fsp3) is 1.00. The Morgan fingerprint density at radius 1 is 1.44 bits per heavy atom. The largest absolute Gasteiger partial charge is 0.379 e. The van der Waals surface area contributed by atoms with E-state index in [9.17, 15) is 0 Å². The van der Waals surface area contributed by atoms with E-state index in [1.165, 1.54) is 32.2 Å². The molecule has 0 aromatic rings. The molecule has 1 aliphatic heterocycles. The summed E-state index contributed by atoms with van der Waals surface area (Å²) in [7, 11) is 0. The normalized spacial score (nSPS) is 24.6. The highest BCUT2D eigenvalue weighted by molar-refractivity contribution is 4.71. The van der Waals surface area contributed by atoms with Crippen LogP contribution in [-0.2, 0) is 4.74 Å². The summed E-state index contributed by atoms with van der Waals surface area (Å²) in [6.07, 6.45) is 5.10. The summed E-state index contributed by atoms with van der Waals surface area (Å²) in [5.41, 5.74) is 5.61. The van der Waals surface area contributed by atoms with Gasteiger partial charge in [-0.1, -0.05) is 13.3 Å². The topological polar surface area (TPSA) is 38.5 Å². The maximum absolute atomic E-state index is 5.61. The van der Waals surface area contributed by atoms with E-state index in [0.717, 1.165) is 32.2 Å². The van der Waals surface area contributed by atoms with Crippen molar-refractivity contribution in [2.24, 2.45) is 11.7 Å². The first kappa shape index (κ1) is 13.9. The van der Waals surface area contributed by atoms with Crippen molar-refractivity contribution in [2.75, 3.05) is 32.8 Å². The Hall–Kier alpha value is -0.120. The standard InChI is InChI=1S/C13H28N2O/c1-3-13(6-7-14)5-4-8-15-9-10-16-11-12(15)2/h12-13H,3-11,14H2,1-2H3. The SMILES string of the molecule is CCC(CCN)CCCN1CCOCC1C. The van der Waals surface area contributed by atoms with E-state index in [0.29, 0.717) is 6.04 Å². The molecule has 0 aromatic carbocycles. The van der Waals surface area contributed by atoms with Crippen molar-refractivity contribution in [2.45, 2.75) is 45.6 Å². The van der Waals surface area contributed by atoms with Crippen LogP contribution in [0.1, 0.15) is 39.5 Å². The summed E-state index contributed by atoms with van der Waals surface area (Å²) < 4.78 is 5.44. The number of hydrogen-bond acceptors (Lipinski definition) is 3. The van der Waals surface area contributed by atoms with Crippen LogP contribution in [-0.4, -0.2) is 43.8 Å². The summed E-state index contributed by atoms with van der Waals surface area (Å²) in [5.74, 6) is 0.835. The molecule has 0 aromatic heterocycles. The first-order valence-electron chi connectivity index (χ1n) is 6.79. The van der Waals surface area contributed by atoms with Gasteiger partial charge in [0.1, 0.15) is 0 Å². The van der Waals surface area contributed by atoms with Crippen molar-refractivity contribution in [3.63, 3.8) is 0 Å². The summed E-state index contributed by atoms with van der Waals surface area (Å²) in [6.45, 7) is 9.52. The van der Waals surface area contributed by atoms with Crippen molar-refractivity contribution >= 4 is 0 Å². The highest BCUT2D eigenvalue weighted by Crippen LogP contribution is 2.16. The van der Waals surface area contributed by atoms with E-state index >= 15 is 0 Å². The molecule has 1 saturated heterocycles. The molecule has 1 aliphatic rings. The lowest BCUT2D eigenvalue weighted by atomic mass is 9.96. The van der Waals surface area contributed by atoms with Gasteiger partial charge in [-0.05, 0) is 45.2 Å². The van der Waals surface area contributed by atoms with Crippen LogP contribution in [0.5, 0.6) is 0 Å². The van der Waals surface area contributed by atoms with Gasteiger partial charge in [0.15, 0.2) is 0 Å². The molecule has 96 valence electrons. The van der Waals surface area contributed by atoms with Gasteiger partial charge in [0, 0.05) is 12.6 Å². The van der Waals surface area contributed by atoms with Gasteiger partial charge in [0.05, 0.1) is 13.2 Å². The summed E-state index contributed by atoms with van der Waals surface area (Å²) >= 11 is 0. The average Bonchev–Trinajstić information content (AvgIpc) is 2.30.